The van der Waals surface area contributed by atoms with E-state index in [1.165, 1.54) is 0 Å². The van der Waals surface area contributed by atoms with E-state index in [9.17, 15) is 0 Å². The predicted molar refractivity (Wildman–Crippen MR) is 110 cm³/mol. The molecule has 144 valence electrons. The maximum atomic E-state index is 5.92. The fourth-order valence-electron chi connectivity index (χ4n) is 2.61. The number of nitrogens with zero attached hydrogens (tertiary/aromatic N) is 2. The summed E-state index contributed by atoms with van der Waals surface area (Å²) in [7, 11) is 1.73. The molecule has 1 heterocycles. The van der Waals surface area contributed by atoms with E-state index in [1.54, 1.807) is 7.11 Å². The number of likely N-dealkylation sites (tertiary alicyclic amines) is 1. The molecule has 0 amide bonds. The first-order chi connectivity index (χ1) is 11.3. The van der Waals surface area contributed by atoms with Crippen LogP contribution in [0.3, 0.4) is 0 Å². The van der Waals surface area contributed by atoms with Crippen LogP contribution in [-0.4, -0.2) is 76.7 Å². The summed E-state index contributed by atoms with van der Waals surface area (Å²) in [5.41, 5.74) is 0. The zero-order chi connectivity index (χ0) is 16.8. The van der Waals surface area contributed by atoms with Crippen LogP contribution in [-0.2, 0) is 14.2 Å². The molecule has 0 spiro atoms. The third kappa shape index (κ3) is 10.7. The van der Waals surface area contributed by atoms with E-state index in [0.717, 1.165) is 84.2 Å². The summed E-state index contributed by atoms with van der Waals surface area (Å²) in [5.74, 6) is 1.03. The number of hydrogen-bond donors (Lipinski definition) is 1. The molecular formula is C17H36IN3O3. The maximum absolute atomic E-state index is 5.92. The number of nitrogens with one attached hydrogen (secondary N) is 1. The second-order valence-corrected chi connectivity index (χ2v) is 5.69. The minimum absolute atomic E-state index is 0. The van der Waals surface area contributed by atoms with E-state index < -0.39 is 0 Å². The van der Waals surface area contributed by atoms with Crippen LogP contribution in [0.2, 0.25) is 0 Å². The van der Waals surface area contributed by atoms with Gasteiger partial charge in [0.1, 0.15) is 0 Å². The molecule has 0 aliphatic carbocycles. The second kappa shape index (κ2) is 16.4. The van der Waals surface area contributed by atoms with Crippen LogP contribution < -0.4 is 5.32 Å². The Labute approximate surface area is 164 Å². The third-order valence-corrected chi connectivity index (χ3v) is 3.84. The number of methoxy groups -OCH3 is 1. The van der Waals surface area contributed by atoms with Crippen molar-refractivity contribution >= 4 is 29.9 Å². The quantitative estimate of drug-likeness (QED) is 0.224. The standard InChI is InChI=1S/C17H35N3O3.HI/c1-4-18-17(19-10-6-14-22-5-2)20-11-8-16(9-12-20)23-15-7-13-21-3;/h16H,4-15H2,1-3H3,(H,18,19);1H. The molecule has 24 heavy (non-hydrogen) atoms. The van der Waals surface area contributed by atoms with Crippen molar-refractivity contribution in [1.29, 1.82) is 0 Å². The fourth-order valence-corrected chi connectivity index (χ4v) is 2.61. The molecule has 0 bridgehead atoms. The van der Waals surface area contributed by atoms with Gasteiger partial charge in [0, 0.05) is 59.7 Å². The highest BCUT2D eigenvalue weighted by Gasteiger charge is 2.21. The van der Waals surface area contributed by atoms with Crippen molar-refractivity contribution in [2.45, 2.75) is 45.6 Å². The molecule has 0 aromatic heterocycles. The van der Waals surface area contributed by atoms with Gasteiger partial charge in [-0.15, -0.1) is 24.0 Å². The van der Waals surface area contributed by atoms with Crippen LogP contribution in [0.1, 0.15) is 39.5 Å². The molecule has 1 aliphatic rings. The van der Waals surface area contributed by atoms with Crippen LogP contribution in [0.4, 0.5) is 0 Å². The van der Waals surface area contributed by atoms with Crippen molar-refractivity contribution < 1.29 is 14.2 Å². The van der Waals surface area contributed by atoms with E-state index >= 15 is 0 Å². The first-order valence-corrected chi connectivity index (χ1v) is 9.03. The SMILES string of the molecule is CCNC(=NCCCOCC)N1CCC(OCCCOC)CC1.I. The number of rotatable bonds is 11. The van der Waals surface area contributed by atoms with E-state index in [4.69, 9.17) is 19.2 Å². The van der Waals surface area contributed by atoms with Gasteiger partial charge in [-0.3, -0.25) is 4.99 Å². The average Bonchev–Trinajstić information content (AvgIpc) is 2.58. The Hall–Kier alpha value is -0.120. The molecule has 0 aromatic rings. The smallest absolute Gasteiger partial charge is 0.193 e. The highest BCUT2D eigenvalue weighted by molar-refractivity contribution is 14.0. The number of halogens is 1. The van der Waals surface area contributed by atoms with Crippen molar-refractivity contribution in [2.75, 3.05) is 59.7 Å². The van der Waals surface area contributed by atoms with Crippen molar-refractivity contribution in [3.8, 4) is 0 Å². The van der Waals surface area contributed by atoms with Crippen molar-refractivity contribution in [1.82, 2.24) is 10.2 Å². The number of guanidine groups is 1. The summed E-state index contributed by atoms with van der Waals surface area (Å²) in [4.78, 5) is 7.06. The monoisotopic (exact) mass is 457 g/mol. The second-order valence-electron chi connectivity index (χ2n) is 5.69. The predicted octanol–water partition coefficient (Wildman–Crippen LogP) is 2.51. The lowest BCUT2D eigenvalue weighted by atomic mass is 10.1. The topological polar surface area (TPSA) is 55.3 Å². The van der Waals surface area contributed by atoms with Gasteiger partial charge in [0.15, 0.2) is 5.96 Å². The molecule has 6 nitrogen and oxygen atoms in total. The summed E-state index contributed by atoms with van der Waals surface area (Å²) in [6.07, 6.45) is 4.46. The van der Waals surface area contributed by atoms with Crippen LogP contribution in [0.25, 0.3) is 0 Å². The van der Waals surface area contributed by atoms with Gasteiger partial charge in [-0.25, -0.2) is 0 Å². The Bertz CT molecular complexity index is 311. The fraction of sp³-hybridized carbons (Fsp3) is 0.941. The lowest BCUT2D eigenvalue weighted by Gasteiger charge is -2.34. The molecule has 1 rings (SSSR count). The number of piperidine rings is 1. The molecule has 1 saturated heterocycles. The van der Waals surface area contributed by atoms with Crippen LogP contribution in [0.5, 0.6) is 0 Å². The lowest BCUT2D eigenvalue weighted by molar-refractivity contribution is 0.00990. The van der Waals surface area contributed by atoms with Gasteiger partial charge in [-0.05, 0) is 39.5 Å². The number of aliphatic imine (C=N–C) groups is 1. The third-order valence-electron chi connectivity index (χ3n) is 3.84. The summed E-state index contributed by atoms with van der Waals surface area (Å²) >= 11 is 0. The maximum Gasteiger partial charge on any atom is 0.193 e. The van der Waals surface area contributed by atoms with Crippen LogP contribution >= 0.6 is 24.0 Å². The van der Waals surface area contributed by atoms with E-state index in [0.29, 0.717) is 6.10 Å². The zero-order valence-corrected chi connectivity index (χ0v) is 17.9. The van der Waals surface area contributed by atoms with Gasteiger partial charge in [-0.1, -0.05) is 0 Å². The van der Waals surface area contributed by atoms with Gasteiger partial charge in [0.05, 0.1) is 6.10 Å². The summed E-state index contributed by atoms with van der Waals surface area (Å²) in [6.45, 7) is 11.0. The van der Waals surface area contributed by atoms with Gasteiger partial charge >= 0.3 is 0 Å². The molecule has 0 radical (unpaired) electrons. The molecule has 1 aliphatic heterocycles. The molecule has 1 fully saturated rings. The van der Waals surface area contributed by atoms with Gasteiger partial charge in [0.2, 0.25) is 0 Å². The molecule has 0 aromatic carbocycles. The van der Waals surface area contributed by atoms with E-state index in [1.807, 2.05) is 6.92 Å². The normalized spacial score (nSPS) is 16.1. The Balaban J connectivity index is 0.00000529. The minimum atomic E-state index is 0. The first-order valence-electron chi connectivity index (χ1n) is 9.03. The molecule has 0 unspecified atom stereocenters. The molecule has 7 heteroatoms. The van der Waals surface area contributed by atoms with Crippen molar-refractivity contribution in [3.05, 3.63) is 0 Å². The Morgan fingerprint density at radius 2 is 1.88 bits per heavy atom. The van der Waals surface area contributed by atoms with Crippen molar-refractivity contribution in [3.63, 3.8) is 0 Å². The summed E-state index contributed by atoms with van der Waals surface area (Å²) < 4.78 is 16.3. The Morgan fingerprint density at radius 1 is 1.12 bits per heavy atom. The largest absolute Gasteiger partial charge is 0.385 e. The van der Waals surface area contributed by atoms with Crippen LogP contribution in [0, 0.1) is 0 Å². The van der Waals surface area contributed by atoms with E-state index in [2.05, 4.69) is 17.1 Å². The number of hydrogen-bond acceptors (Lipinski definition) is 4. The lowest BCUT2D eigenvalue weighted by Crippen LogP contribution is -2.47. The Morgan fingerprint density at radius 3 is 2.50 bits per heavy atom. The van der Waals surface area contributed by atoms with Crippen LogP contribution in [0.15, 0.2) is 4.99 Å². The molecule has 0 atom stereocenters. The van der Waals surface area contributed by atoms with Gasteiger partial charge in [-0.2, -0.15) is 0 Å². The van der Waals surface area contributed by atoms with Crippen molar-refractivity contribution in [2.24, 2.45) is 4.99 Å². The zero-order valence-electron chi connectivity index (χ0n) is 15.6. The summed E-state index contributed by atoms with van der Waals surface area (Å²) in [5, 5.41) is 3.40. The number of ether oxygens (including phenoxy) is 3. The highest BCUT2D eigenvalue weighted by atomic mass is 127. The minimum Gasteiger partial charge on any atom is -0.385 e. The molecule has 0 saturated carbocycles. The Kier molecular flexibility index (Phi) is 16.3. The highest BCUT2D eigenvalue weighted by Crippen LogP contribution is 2.14. The van der Waals surface area contributed by atoms with E-state index in [-0.39, 0.29) is 24.0 Å². The first kappa shape index (κ1) is 23.9. The average molecular weight is 457 g/mol. The summed E-state index contributed by atoms with van der Waals surface area (Å²) in [6, 6.07) is 0. The van der Waals surface area contributed by atoms with Gasteiger partial charge in [0.25, 0.3) is 0 Å². The molecular weight excluding hydrogens is 421 g/mol. The molecule has 1 N–H and O–H groups in total. The van der Waals surface area contributed by atoms with Gasteiger partial charge < -0.3 is 24.4 Å².